The van der Waals surface area contributed by atoms with Crippen molar-refractivity contribution >= 4 is 52.3 Å². The van der Waals surface area contributed by atoms with Gasteiger partial charge in [-0.1, -0.05) is 24.3 Å². The van der Waals surface area contributed by atoms with E-state index in [4.69, 9.17) is 12.2 Å². The molecule has 2 amide bonds. The lowest BCUT2D eigenvalue weighted by Crippen LogP contribution is -2.45. The molecular formula is C17H15FN4O2S2. The van der Waals surface area contributed by atoms with Crippen LogP contribution in [0.2, 0.25) is 0 Å². The second-order valence-corrected chi connectivity index (χ2v) is 7.06. The smallest absolute Gasteiger partial charge is 0.240 e. The molecule has 6 nitrogen and oxygen atoms in total. The Hall–Kier alpha value is -2.65. The molecule has 1 heterocycles. The van der Waals surface area contributed by atoms with Crippen LogP contribution >= 0.6 is 24.0 Å². The summed E-state index contributed by atoms with van der Waals surface area (Å²) in [7, 11) is 0. The average molecular weight is 390 g/mol. The van der Waals surface area contributed by atoms with Crippen molar-refractivity contribution in [2.45, 2.75) is 16.6 Å². The van der Waals surface area contributed by atoms with E-state index in [1.165, 1.54) is 23.9 Å². The summed E-state index contributed by atoms with van der Waals surface area (Å²) < 4.78 is 13.5. The number of benzene rings is 2. The summed E-state index contributed by atoms with van der Waals surface area (Å²) in [6.07, 6.45) is -0.0276. The monoisotopic (exact) mass is 390 g/mol. The topological polar surface area (TPSA) is 82.3 Å². The minimum absolute atomic E-state index is 0.0276. The molecule has 0 fully saturated rings. The number of fused-ring (bicyclic) bond motifs is 1. The molecule has 0 aromatic heterocycles. The van der Waals surface area contributed by atoms with Crippen LogP contribution in [0.25, 0.3) is 0 Å². The van der Waals surface area contributed by atoms with E-state index in [0.717, 1.165) is 10.6 Å². The maximum Gasteiger partial charge on any atom is 0.240 e. The van der Waals surface area contributed by atoms with Gasteiger partial charge in [-0.15, -0.1) is 11.8 Å². The fourth-order valence-corrected chi connectivity index (χ4v) is 3.56. The molecule has 0 aliphatic carbocycles. The fourth-order valence-electron chi connectivity index (χ4n) is 2.29. The Morgan fingerprint density at radius 2 is 1.88 bits per heavy atom. The Morgan fingerprint density at radius 3 is 2.69 bits per heavy atom. The fraction of sp³-hybridized carbons (Fsp3) is 0.118. The van der Waals surface area contributed by atoms with E-state index < -0.39 is 17.0 Å². The second kappa shape index (κ2) is 8.15. The Labute approximate surface area is 158 Å². The van der Waals surface area contributed by atoms with Gasteiger partial charge >= 0.3 is 0 Å². The highest BCUT2D eigenvalue weighted by Crippen LogP contribution is 2.36. The van der Waals surface area contributed by atoms with Gasteiger partial charge in [-0.2, -0.15) is 0 Å². The van der Waals surface area contributed by atoms with Crippen molar-refractivity contribution in [1.82, 2.24) is 10.9 Å². The van der Waals surface area contributed by atoms with Crippen molar-refractivity contribution in [3.8, 4) is 0 Å². The highest BCUT2D eigenvalue weighted by Gasteiger charge is 2.28. The number of rotatable bonds is 3. The molecule has 0 saturated heterocycles. The van der Waals surface area contributed by atoms with Crippen molar-refractivity contribution in [3.05, 3.63) is 54.3 Å². The average Bonchev–Trinajstić information content (AvgIpc) is 2.62. The van der Waals surface area contributed by atoms with Gasteiger partial charge in [0.05, 0.1) is 16.6 Å². The van der Waals surface area contributed by atoms with Crippen LogP contribution in [0.4, 0.5) is 15.8 Å². The van der Waals surface area contributed by atoms with Gasteiger partial charge in [0.15, 0.2) is 5.11 Å². The van der Waals surface area contributed by atoms with Crippen LogP contribution in [0.5, 0.6) is 0 Å². The maximum absolute atomic E-state index is 13.5. The molecule has 134 valence electrons. The third-order valence-electron chi connectivity index (χ3n) is 3.51. The zero-order chi connectivity index (χ0) is 18.5. The van der Waals surface area contributed by atoms with Crippen LogP contribution in [0, 0.1) is 5.82 Å². The predicted octanol–water partition coefficient (Wildman–Crippen LogP) is 2.65. The molecule has 2 aromatic rings. The van der Waals surface area contributed by atoms with Crippen molar-refractivity contribution in [3.63, 3.8) is 0 Å². The van der Waals surface area contributed by atoms with Crippen LogP contribution in [-0.4, -0.2) is 22.2 Å². The Bertz CT molecular complexity index is 862. The lowest BCUT2D eigenvalue weighted by molar-refractivity contribution is -0.124. The van der Waals surface area contributed by atoms with Crippen LogP contribution in [-0.2, 0) is 9.59 Å². The van der Waals surface area contributed by atoms with Crippen molar-refractivity contribution < 1.29 is 14.0 Å². The Balaban J connectivity index is 1.49. The quantitative estimate of drug-likeness (QED) is 0.477. The minimum atomic E-state index is -0.542. The zero-order valence-corrected chi connectivity index (χ0v) is 15.0. The predicted molar refractivity (Wildman–Crippen MR) is 103 cm³/mol. The van der Waals surface area contributed by atoms with Crippen LogP contribution in [0.15, 0.2) is 53.4 Å². The van der Waals surface area contributed by atoms with Gasteiger partial charge in [-0.25, -0.2) is 4.39 Å². The summed E-state index contributed by atoms with van der Waals surface area (Å²) in [5.41, 5.74) is 5.84. The van der Waals surface area contributed by atoms with Gasteiger partial charge in [0.25, 0.3) is 0 Å². The molecule has 1 aliphatic rings. The van der Waals surface area contributed by atoms with Crippen molar-refractivity contribution in [1.29, 1.82) is 0 Å². The third kappa shape index (κ3) is 4.50. The van der Waals surface area contributed by atoms with Gasteiger partial charge in [0.2, 0.25) is 11.8 Å². The highest BCUT2D eigenvalue weighted by molar-refractivity contribution is 8.01. The number of carbonyl (C=O) groups excluding carboxylic acids is 2. The molecule has 1 aliphatic heterocycles. The number of thiocarbonyl (C=S) groups is 1. The number of thioether (sulfide) groups is 1. The zero-order valence-electron chi connectivity index (χ0n) is 13.4. The van der Waals surface area contributed by atoms with Gasteiger partial charge in [0.1, 0.15) is 5.82 Å². The van der Waals surface area contributed by atoms with Gasteiger partial charge in [-0.3, -0.25) is 20.4 Å². The first kappa shape index (κ1) is 18.2. The summed E-state index contributed by atoms with van der Waals surface area (Å²) >= 11 is 6.34. The first-order valence-electron chi connectivity index (χ1n) is 7.70. The van der Waals surface area contributed by atoms with Gasteiger partial charge < -0.3 is 10.6 Å². The molecule has 0 bridgehead atoms. The van der Waals surface area contributed by atoms with E-state index in [-0.39, 0.29) is 23.1 Å². The molecule has 0 unspecified atom stereocenters. The van der Waals surface area contributed by atoms with E-state index in [9.17, 15) is 14.0 Å². The van der Waals surface area contributed by atoms with Crippen LogP contribution in [0.1, 0.15) is 6.42 Å². The number of halogens is 1. The van der Waals surface area contributed by atoms with E-state index in [2.05, 4.69) is 21.5 Å². The largest absolute Gasteiger partial charge is 0.329 e. The lowest BCUT2D eigenvalue weighted by Gasteiger charge is -2.23. The van der Waals surface area contributed by atoms with E-state index in [1.807, 2.05) is 24.3 Å². The summed E-state index contributed by atoms with van der Waals surface area (Å²) in [6.45, 7) is 0. The number of hydrogen-bond donors (Lipinski definition) is 4. The standard InChI is InChI=1S/C17H15FN4O2S2/c18-10-5-1-2-6-11(10)20-17(25)22-21-15(23)9-14-16(24)19-12-7-3-4-8-13(12)26-14/h1-8,14H,9H2,(H,19,24)(H,21,23)(H2,20,22,25)/t14-/m0/s1. The molecule has 3 rings (SSSR count). The number of carbonyl (C=O) groups is 2. The van der Waals surface area contributed by atoms with Gasteiger partial charge in [-0.05, 0) is 36.5 Å². The third-order valence-corrected chi connectivity index (χ3v) is 4.99. The molecule has 2 aromatic carbocycles. The van der Waals surface area contributed by atoms with E-state index >= 15 is 0 Å². The number of anilines is 2. The maximum atomic E-state index is 13.5. The first-order chi connectivity index (χ1) is 12.5. The molecular weight excluding hydrogens is 375 g/mol. The van der Waals surface area contributed by atoms with E-state index in [1.54, 1.807) is 12.1 Å². The number of nitrogens with one attached hydrogen (secondary N) is 4. The van der Waals surface area contributed by atoms with Gasteiger partial charge in [0, 0.05) is 11.3 Å². The molecule has 0 saturated carbocycles. The number of para-hydroxylation sites is 2. The normalized spacial score (nSPS) is 15.4. The summed E-state index contributed by atoms with van der Waals surface area (Å²) in [4.78, 5) is 25.1. The minimum Gasteiger partial charge on any atom is -0.329 e. The summed E-state index contributed by atoms with van der Waals surface area (Å²) in [6, 6.07) is 13.4. The number of hydrogen-bond acceptors (Lipinski definition) is 4. The lowest BCUT2D eigenvalue weighted by atomic mass is 10.2. The molecule has 9 heteroatoms. The molecule has 0 spiro atoms. The van der Waals surface area contributed by atoms with E-state index in [0.29, 0.717) is 0 Å². The Kier molecular flexibility index (Phi) is 5.69. The second-order valence-electron chi connectivity index (χ2n) is 5.40. The first-order valence-corrected chi connectivity index (χ1v) is 8.98. The molecule has 26 heavy (non-hydrogen) atoms. The summed E-state index contributed by atoms with van der Waals surface area (Å²) in [5.74, 6) is -1.09. The highest BCUT2D eigenvalue weighted by atomic mass is 32.2. The molecule has 1 atom stereocenters. The molecule has 0 radical (unpaired) electrons. The Morgan fingerprint density at radius 1 is 1.15 bits per heavy atom. The molecule has 4 N–H and O–H groups in total. The van der Waals surface area contributed by atoms with Crippen LogP contribution in [0.3, 0.4) is 0 Å². The van der Waals surface area contributed by atoms with Crippen LogP contribution < -0.4 is 21.5 Å². The number of hydrazine groups is 1. The summed E-state index contributed by atoms with van der Waals surface area (Å²) in [5, 5.41) is 4.91. The number of amides is 2. The van der Waals surface area contributed by atoms with Crippen molar-refractivity contribution in [2.75, 3.05) is 10.6 Å². The van der Waals surface area contributed by atoms with Crippen molar-refractivity contribution in [2.24, 2.45) is 0 Å². The SMILES string of the molecule is O=C(C[C@@H]1Sc2ccccc2NC1=O)NNC(=S)Nc1ccccc1F.